The number of nitrogens with zero attached hydrogens (tertiary/aromatic N) is 6. The SMILES string of the molecule is CC(C)n1cnc2c(=O)[nH]c(NC(C)n3cnc4c(=O)[nH]cnc43)nc21. The summed E-state index contributed by atoms with van der Waals surface area (Å²) in [5.41, 5.74) is 0.839. The van der Waals surface area contributed by atoms with Gasteiger partial charge in [-0.2, -0.15) is 4.98 Å². The van der Waals surface area contributed by atoms with Gasteiger partial charge in [-0.15, -0.1) is 0 Å². The molecule has 11 nitrogen and oxygen atoms in total. The van der Waals surface area contributed by atoms with E-state index >= 15 is 0 Å². The highest BCUT2D eigenvalue weighted by Gasteiger charge is 2.16. The Hall–Kier alpha value is -3.50. The number of aromatic nitrogens is 8. The summed E-state index contributed by atoms with van der Waals surface area (Å²) in [6.45, 7) is 5.81. The van der Waals surface area contributed by atoms with E-state index in [1.807, 2.05) is 25.3 Å². The molecule has 11 heteroatoms. The van der Waals surface area contributed by atoms with Crippen molar-refractivity contribution in [2.75, 3.05) is 5.32 Å². The predicted octanol–water partition coefficient (Wildman–Crippen LogP) is 0.764. The van der Waals surface area contributed by atoms with Crippen molar-refractivity contribution in [2.24, 2.45) is 0 Å². The van der Waals surface area contributed by atoms with Crippen LogP contribution in [0.15, 0.2) is 28.6 Å². The van der Waals surface area contributed by atoms with Crippen LogP contribution in [0.25, 0.3) is 22.3 Å². The molecule has 0 aliphatic rings. The van der Waals surface area contributed by atoms with Gasteiger partial charge in [-0.1, -0.05) is 0 Å². The molecule has 0 aliphatic heterocycles. The first-order valence-corrected chi connectivity index (χ1v) is 8.09. The van der Waals surface area contributed by atoms with E-state index < -0.39 is 0 Å². The van der Waals surface area contributed by atoms with Gasteiger partial charge >= 0.3 is 0 Å². The standard InChI is InChI=1S/C15H17N9O2/c1-7(2)23-5-18-10-12(23)21-15(22-14(10)26)20-8(3)24-6-19-9-11(24)16-4-17-13(9)25/h4-8H,1-3H3,(H,16,17,25)(H2,20,21,22,26). The van der Waals surface area contributed by atoms with E-state index in [1.54, 1.807) is 10.9 Å². The van der Waals surface area contributed by atoms with Crippen LogP contribution in [0.3, 0.4) is 0 Å². The van der Waals surface area contributed by atoms with Crippen LogP contribution in [0.5, 0.6) is 0 Å². The van der Waals surface area contributed by atoms with Crippen molar-refractivity contribution < 1.29 is 0 Å². The second kappa shape index (κ2) is 5.79. The number of rotatable bonds is 4. The number of H-pyrrole nitrogens is 2. The van der Waals surface area contributed by atoms with E-state index in [2.05, 4.69) is 35.2 Å². The minimum absolute atomic E-state index is 0.119. The summed E-state index contributed by atoms with van der Waals surface area (Å²) in [5, 5.41) is 3.11. The topological polar surface area (TPSA) is 139 Å². The summed E-state index contributed by atoms with van der Waals surface area (Å²) in [6, 6.07) is 0.119. The summed E-state index contributed by atoms with van der Waals surface area (Å²) in [4.78, 5) is 46.1. The fourth-order valence-corrected chi connectivity index (χ4v) is 2.79. The zero-order valence-corrected chi connectivity index (χ0v) is 14.4. The molecule has 26 heavy (non-hydrogen) atoms. The molecule has 0 fully saturated rings. The highest BCUT2D eigenvalue weighted by molar-refractivity contribution is 5.71. The Morgan fingerprint density at radius 3 is 2.38 bits per heavy atom. The van der Waals surface area contributed by atoms with Crippen molar-refractivity contribution in [1.82, 2.24) is 39.0 Å². The third-order valence-corrected chi connectivity index (χ3v) is 4.12. The van der Waals surface area contributed by atoms with Gasteiger partial charge in [0.2, 0.25) is 5.95 Å². The van der Waals surface area contributed by atoms with E-state index in [1.165, 1.54) is 12.7 Å². The van der Waals surface area contributed by atoms with Crippen LogP contribution in [0, 0.1) is 0 Å². The van der Waals surface area contributed by atoms with Gasteiger partial charge in [0.1, 0.15) is 6.17 Å². The Morgan fingerprint density at radius 1 is 0.962 bits per heavy atom. The van der Waals surface area contributed by atoms with Gasteiger partial charge in [-0.05, 0) is 20.8 Å². The van der Waals surface area contributed by atoms with E-state index in [4.69, 9.17) is 0 Å². The minimum atomic E-state index is -0.356. The maximum absolute atomic E-state index is 12.3. The molecule has 0 aromatic carbocycles. The smallest absolute Gasteiger partial charge is 0.280 e. The van der Waals surface area contributed by atoms with Crippen molar-refractivity contribution >= 4 is 28.3 Å². The molecule has 0 saturated carbocycles. The first kappa shape index (κ1) is 16.0. The average molecular weight is 355 g/mol. The molecule has 0 bridgehead atoms. The largest absolute Gasteiger partial charge is 0.335 e. The molecule has 0 amide bonds. The average Bonchev–Trinajstić information content (AvgIpc) is 3.19. The molecule has 0 spiro atoms. The molecule has 0 saturated heterocycles. The number of anilines is 1. The number of fused-ring (bicyclic) bond motifs is 2. The molecule has 1 unspecified atom stereocenters. The molecule has 3 N–H and O–H groups in total. The molecule has 4 heterocycles. The second-order valence-electron chi connectivity index (χ2n) is 6.21. The van der Waals surface area contributed by atoms with E-state index in [0.29, 0.717) is 17.2 Å². The normalized spacial score (nSPS) is 12.9. The number of imidazole rings is 2. The predicted molar refractivity (Wildman–Crippen MR) is 95.0 cm³/mol. The Labute approximate surface area is 146 Å². The third kappa shape index (κ3) is 2.44. The number of hydrogen-bond donors (Lipinski definition) is 3. The van der Waals surface area contributed by atoms with Gasteiger partial charge in [-0.25, -0.2) is 15.0 Å². The fourth-order valence-electron chi connectivity index (χ4n) is 2.79. The van der Waals surface area contributed by atoms with Gasteiger partial charge in [0, 0.05) is 6.04 Å². The lowest BCUT2D eigenvalue weighted by atomic mass is 10.4. The van der Waals surface area contributed by atoms with Crippen LogP contribution in [0.1, 0.15) is 33.0 Å². The molecule has 1 atom stereocenters. The molecular formula is C15H17N9O2. The minimum Gasteiger partial charge on any atom is -0.335 e. The third-order valence-electron chi connectivity index (χ3n) is 4.12. The van der Waals surface area contributed by atoms with Gasteiger partial charge in [-0.3, -0.25) is 19.1 Å². The zero-order valence-electron chi connectivity index (χ0n) is 14.4. The zero-order chi connectivity index (χ0) is 18.4. The van der Waals surface area contributed by atoms with Crippen LogP contribution in [-0.2, 0) is 0 Å². The van der Waals surface area contributed by atoms with Crippen LogP contribution in [-0.4, -0.2) is 39.0 Å². The van der Waals surface area contributed by atoms with Crippen molar-refractivity contribution in [3.05, 3.63) is 39.7 Å². The van der Waals surface area contributed by atoms with Crippen LogP contribution in [0.4, 0.5) is 5.95 Å². The molecule has 0 radical (unpaired) electrons. The number of nitrogens with one attached hydrogen (secondary N) is 3. The fraction of sp³-hybridized carbons (Fsp3) is 0.333. The summed E-state index contributed by atoms with van der Waals surface area (Å²) in [6.07, 6.45) is 4.08. The van der Waals surface area contributed by atoms with Crippen molar-refractivity contribution in [1.29, 1.82) is 0 Å². The molecule has 0 aliphatic carbocycles. The Bertz CT molecular complexity index is 1210. The lowest BCUT2D eigenvalue weighted by molar-refractivity contribution is 0.608. The highest BCUT2D eigenvalue weighted by Crippen LogP contribution is 2.17. The maximum Gasteiger partial charge on any atom is 0.280 e. The lowest BCUT2D eigenvalue weighted by Gasteiger charge is -2.16. The van der Waals surface area contributed by atoms with Gasteiger partial charge in [0.05, 0.1) is 19.0 Å². The second-order valence-corrected chi connectivity index (χ2v) is 6.21. The van der Waals surface area contributed by atoms with Crippen LogP contribution < -0.4 is 16.4 Å². The lowest BCUT2D eigenvalue weighted by Crippen LogP contribution is -2.20. The molecule has 4 aromatic heterocycles. The summed E-state index contributed by atoms with van der Waals surface area (Å²) < 4.78 is 3.52. The Morgan fingerprint density at radius 2 is 1.65 bits per heavy atom. The Balaban J connectivity index is 1.74. The van der Waals surface area contributed by atoms with Crippen LogP contribution >= 0.6 is 0 Å². The summed E-state index contributed by atoms with van der Waals surface area (Å²) in [5.74, 6) is 0.295. The molecule has 4 aromatic rings. The first-order valence-electron chi connectivity index (χ1n) is 8.09. The molecular weight excluding hydrogens is 338 g/mol. The van der Waals surface area contributed by atoms with E-state index in [9.17, 15) is 9.59 Å². The highest BCUT2D eigenvalue weighted by atomic mass is 16.1. The number of hydrogen-bond acceptors (Lipinski definition) is 7. The first-order chi connectivity index (χ1) is 12.5. The summed E-state index contributed by atoms with van der Waals surface area (Å²) >= 11 is 0. The molecule has 134 valence electrons. The quantitative estimate of drug-likeness (QED) is 0.491. The van der Waals surface area contributed by atoms with E-state index in [-0.39, 0.29) is 34.4 Å². The van der Waals surface area contributed by atoms with Crippen molar-refractivity contribution in [2.45, 2.75) is 33.0 Å². The maximum atomic E-state index is 12.3. The molecule has 4 rings (SSSR count). The number of aromatic amines is 2. The van der Waals surface area contributed by atoms with Gasteiger partial charge < -0.3 is 14.9 Å². The van der Waals surface area contributed by atoms with Crippen molar-refractivity contribution in [3.8, 4) is 0 Å². The van der Waals surface area contributed by atoms with Gasteiger partial charge in [0.25, 0.3) is 11.1 Å². The van der Waals surface area contributed by atoms with Crippen LogP contribution in [0.2, 0.25) is 0 Å². The van der Waals surface area contributed by atoms with E-state index in [0.717, 1.165) is 0 Å². The monoisotopic (exact) mass is 355 g/mol. The van der Waals surface area contributed by atoms with Crippen molar-refractivity contribution in [3.63, 3.8) is 0 Å². The Kier molecular flexibility index (Phi) is 3.56. The summed E-state index contributed by atoms with van der Waals surface area (Å²) in [7, 11) is 0. The van der Waals surface area contributed by atoms with Gasteiger partial charge in [0.15, 0.2) is 22.3 Å².